The van der Waals surface area contributed by atoms with Gasteiger partial charge in [0.15, 0.2) is 5.66 Å². The number of amides is 1. The molecule has 2 aromatic carbocycles. The average Bonchev–Trinajstić information content (AvgIpc) is 3.17. The van der Waals surface area contributed by atoms with Crippen molar-refractivity contribution < 1.29 is 41.8 Å². The van der Waals surface area contributed by atoms with Crippen LogP contribution in [0.3, 0.4) is 0 Å². The van der Waals surface area contributed by atoms with Crippen molar-refractivity contribution in [3.05, 3.63) is 75.8 Å². The molecular formula is C23H21ClF2NO7PS. The topological polar surface area (TPSA) is 111 Å². The monoisotopic (exact) mass is 559 g/mol. The summed E-state index contributed by atoms with van der Waals surface area (Å²) in [5, 5.41) is 4.61. The fraction of sp³-hybridized carbons (Fsp3) is 0.217. The molecule has 0 saturated heterocycles. The third-order valence-electron chi connectivity index (χ3n) is 4.63. The Hall–Kier alpha value is -2.82. The van der Waals surface area contributed by atoms with Crippen LogP contribution in [0.1, 0.15) is 30.6 Å². The molecule has 1 heterocycles. The van der Waals surface area contributed by atoms with E-state index in [-0.39, 0.29) is 11.1 Å². The first-order valence-electron chi connectivity index (χ1n) is 10.4. The highest BCUT2D eigenvalue weighted by Gasteiger charge is 2.41. The maximum Gasteiger partial charge on any atom is 0.510 e. The summed E-state index contributed by atoms with van der Waals surface area (Å²) in [6.07, 6.45) is 0.587. The molecular weight excluding hydrogens is 539 g/mol. The number of hydrogen-bond acceptors (Lipinski definition) is 7. The number of nitrogens with one attached hydrogen (secondary N) is 1. The molecule has 0 radical (unpaired) electrons. The van der Waals surface area contributed by atoms with Gasteiger partial charge in [-0.25, -0.2) is 13.6 Å². The maximum atomic E-state index is 13.9. The summed E-state index contributed by atoms with van der Waals surface area (Å²) < 4.78 is 55.2. The second-order valence-corrected chi connectivity index (χ2v) is 10.9. The van der Waals surface area contributed by atoms with Gasteiger partial charge in [-0.3, -0.25) is 13.9 Å². The van der Waals surface area contributed by atoms with Gasteiger partial charge in [-0.05, 0) is 66.6 Å². The highest BCUT2D eigenvalue weighted by Crippen LogP contribution is 2.58. The largest absolute Gasteiger partial charge is 0.510 e. The van der Waals surface area contributed by atoms with Crippen LogP contribution in [0.25, 0.3) is 16.2 Å². The second-order valence-electron chi connectivity index (χ2n) is 7.61. The molecule has 8 nitrogen and oxygen atoms in total. The number of fused-ring (bicyclic) bond motifs is 1. The molecule has 0 saturated carbocycles. The predicted octanol–water partition coefficient (Wildman–Crippen LogP) is 6.38. The molecule has 0 aliphatic heterocycles. The van der Waals surface area contributed by atoms with Gasteiger partial charge in [0.2, 0.25) is 12.7 Å². The van der Waals surface area contributed by atoms with E-state index in [4.69, 9.17) is 20.9 Å². The SMILES string of the molecule is CC(C)OC(=O)OCOP(=O)(O)C(C(=O)N/C=C/c1ccc(F)cc1F)c1csc2ccc(Cl)cc12. The summed E-state index contributed by atoms with van der Waals surface area (Å²) in [6.45, 7) is 2.21. The zero-order valence-electron chi connectivity index (χ0n) is 18.9. The molecule has 1 amide bonds. The zero-order valence-corrected chi connectivity index (χ0v) is 21.4. The van der Waals surface area contributed by atoms with Crippen LogP contribution < -0.4 is 5.32 Å². The lowest BCUT2D eigenvalue weighted by Crippen LogP contribution is -2.26. The van der Waals surface area contributed by atoms with Crippen molar-refractivity contribution >= 4 is 58.8 Å². The Balaban J connectivity index is 1.87. The highest BCUT2D eigenvalue weighted by atomic mass is 35.5. The zero-order chi connectivity index (χ0) is 26.5. The lowest BCUT2D eigenvalue weighted by atomic mass is 10.1. The summed E-state index contributed by atoms with van der Waals surface area (Å²) in [5.41, 5.74) is -1.65. The van der Waals surface area contributed by atoms with Crippen molar-refractivity contribution in [1.82, 2.24) is 5.32 Å². The van der Waals surface area contributed by atoms with Crippen LogP contribution in [0.15, 0.2) is 48.0 Å². The molecule has 0 aliphatic rings. The highest BCUT2D eigenvalue weighted by molar-refractivity contribution is 7.54. The Bertz CT molecular complexity index is 1350. The predicted molar refractivity (Wildman–Crippen MR) is 132 cm³/mol. The van der Waals surface area contributed by atoms with E-state index in [1.165, 1.54) is 22.8 Å². The van der Waals surface area contributed by atoms with Crippen molar-refractivity contribution in [3.63, 3.8) is 0 Å². The number of hydrogen-bond donors (Lipinski definition) is 2. The van der Waals surface area contributed by atoms with Gasteiger partial charge < -0.3 is 19.7 Å². The molecule has 1 aromatic heterocycles. The lowest BCUT2D eigenvalue weighted by Gasteiger charge is -2.21. The van der Waals surface area contributed by atoms with E-state index in [0.717, 1.165) is 24.4 Å². The minimum absolute atomic E-state index is 0.0264. The number of carbonyl (C=O) groups is 2. The first-order valence-corrected chi connectivity index (χ1v) is 13.3. The Morgan fingerprint density at radius 3 is 2.67 bits per heavy atom. The molecule has 0 aliphatic carbocycles. The first-order chi connectivity index (χ1) is 17.0. The number of rotatable bonds is 9. The molecule has 2 N–H and O–H groups in total. The average molecular weight is 560 g/mol. The van der Waals surface area contributed by atoms with Gasteiger partial charge in [0, 0.05) is 27.6 Å². The molecule has 2 unspecified atom stereocenters. The number of ether oxygens (including phenoxy) is 2. The van der Waals surface area contributed by atoms with E-state index in [9.17, 15) is 27.8 Å². The summed E-state index contributed by atoms with van der Waals surface area (Å²) in [5.74, 6) is -2.60. The number of carbonyl (C=O) groups excluding carboxylic acids is 2. The van der Waals surface area contributed by atoms with E-state index >= 15 is 0 Å². The molecule has 3 rings (SSSR count). The fourth-order valence-electron chi connectivity index (χ4n) is 3.08. The Labute approximate surface area is 214 Å². The quantitative estimate of drug-likeness (QED) is 0.178. The van der Waals surface area contributed by atoms with Crippen molar-refractivity contribution in [2.24, 2.45) is 0 Å². The Kier molecular flexibility index (Phi) is 9.21. The Morgan fingerprint density at radius 2 is 1.97 bits per heavy atom. The third-order valence-corrected chi connectivity index (χ3v) is 7.49. The second kappa shape index (κ2) is 11.9. The van der Waals surface area contributed by atoms with Crippen LogP contribution >= 0.6 is 30.5 Å². The van der Waals surface area contributed by atoms with E-state index in [1.807, 2.05) is 0 Å². The fourth-order valence-corrected chi connectivity index (χ4v) is 5.61. The number of halogens is 3. The Morgan fingerprint density at radius 1 is 1.22 bits per heavy atom. The molecule has 0 spiro atoms. The van der Waals surface area contributed by atoms with Gasteiger partial charge in [0.05, 0.1) is 6.10 Å². The van der Waals surface area contributed by atoms with Crippen molar-refractivity contribution in [2.45, 2.75) is 25.6 Å². The molecule has 2 atom stereocenters. The van der Waals surface area contributed by atoms with Crippen LogP contribution in [0.5, 0.6) is 0 Å². The van der Waals surface area contributed by atoms with Crippen molar-refractivity contribution in [3.8, 4) is 0 Å². The summed E-state index contributed by atoms with van der Waals surface area (Å²) >= 11 is 7.29. The van der Waals surface area contributed by atoms with Gasteiger partial charge in [-0.15, -0.1) is 11.3 Å². The summed E-state index contributed by atoms with van der Waals surface area (Å²) in [6, 6.07) is 7.71. The normalized spacial score (nSPS) is 14.1. The van der Waals surface area contributed by atoms with Gasteiger partial charge in [0.1, 0.15) is 11.6 Å². The van der Waals surface area contributed by atoms with Crippen LogP contribution in [-0.4, -0.2) is 29.9 Å². The minimum Gasteiger partial charge on any atom is -0.432 e. The van der Waals surface area contributed by atoms with E-state index in [2.05, 4.69) is 10.1 Å². The van der Waals surface area contributed by atoms with Gasteiger partial charge in [0.25, 0.3) is 0 Å². The van der Waals surface area contributed by atoms with Gasteiger partial charge >= 0.3 is 13.8 Å². The summed E-state index contributed by atoms with van der Waals surface area (Å²) in [4.78, 5) is 35.4. The van der Waals surface area contributed by atoms with E-state index in [0.29, 0.717) is 21.2 Å². The minimum atomic E-state index is -4.82. The van der Waals surface area contributed by atoms with Crippen molar-refractivity contribution in [2.75, 3.05) is 6.79 Å². The van der Waals surface area contributed by atoms with E-state index in [1.54, 1.807) is 26.0 Å². The molecule has 13 heteroatoms. The van der Waals surface area contributed by atoms with Crippen LogP contribution in [0.2, 0.25) is 5.02 Å². The molecule has 0 fully saturated rings. The van der Waals surface area contributed by atoms with Crippen LogP contribution in [-0.2, 0) is 23.4 Å². The number of benzene rings is 2. The van der Waals surface area contributed by atoms with Crippen molar-refractivity contribution in [1.29, 1.82) is 0 Å². The molecule has 192 valence electrons. The standard InChI is InChI=1S/C23H21ClF2NO7PS/c1-13(2)34-23(29)32-12-33-35(30,31)21(18-11-36-20-6-4-15(24)9-17(18)20)22(28)27-8-7-14-3-5-16(25)10-19(14)26/h3-11,13,21H,12H2,1-2H3,(H,27,28)(H,30,31)/b8-7+. The molecule has 3 aromatic rings. The van der Waals surface area contributed by atoms with Crippen LogP contribution in [0.4, 0.5) is 13.6 Å². The first kappa shape index (κ1) is 27.8. The maximum absolute atomic E-state index is 13.9. The third kappa shape index (κ3) is 7.11. The van der Waals surface area contributed by atoms with Gasteiger partial charge in [-0.2, -0.15) is 0 Å². The molecule has 0 bridgehead atoms. The smallest absolute Gasteiger partial charge is 0.432 e. The van der Waals surface area contributed by atoms with Gasteiger partial charge in [-0.1, -0.05) is 11.6 Å². The van der Waals surface area contributed by atoms with E-state index < -0.39 is 49.8 Å². The summed E-state index contributed by atoms with van der Waals surface area (Å²) in [7, 11) is -4.82. The lowest BCUT2D eigenvalue weighted by molar-refractivity contribution is -0.120. The van der Waals surface area contributed by atoms with Crippen LogP contribution in [0, 0.1) is 11.6 Å². The molecule has 36 heavy (non-hydrogen) atoms. The number of thiophene rings is 1.